The summed E-state index contributed by atoms with van der Waals surface area (Å²) >= 11 is 0. The predicted molar refractivity (Wildman–Crippen MR) is 89.8 cm³/mol. The van der Waals surface area contributed by atoms with Crippen molar-refractivity contribution in [2.24, 2.45) is 0 Å². The molecule has 0 aliphatic carbocycles. The fourth-order valence-corrected chi connectivity index (χ4v) is 1.95. The number of carbonyl (C=O) groups excluding carboxylic acids is 1. The van der Waals surface area contributed by atoms with Crippen molar-refractivity contribution in [2.45, 2.75) is 13.3 Å². The Morgan fingerprint density at radius 2 is 1.83 bits per heavy atom. The number of amides is 1. The number of carboxylic acid groups (broad SMARTS) is 1. The van der Waals surface area contributed by atoms with Gasteiger partial charge in [-0.3, -0.25) is 4.79 Å². The standard InChI is InChI=1S/C18H19NO5/c1-2-10-23-16-9-8-13(18(21)22)11-15(16)19-17(20)12-24-14-6-4-3-5-7-14/h3-9,11H,2,10,12H2,1H3,(H,19,20)(H,21,22). The summed E-state index contributed by atoms with van der Waals surface area (Å²) in [5.74, 6) is -0.472. The van der Waals surface area contributed by atoms with E-state index in [2.05, 4.69) is 5.32 Å². The average Bonchev–Trinajstić information content (AvgIpc) is 2.59. The van der Waals surface area contributed by atoms with Gasteiger partial charge in [-0.15, -0.1) is 0 Å². The Morgan fingerprint density at radius 3 is 2.50 bits per heavy atom. The lowest BCUT2D eigenvalue weighted by molar-refractivity contribution is -0.118. The molecule has 2 rings (SSSR count). The molecule has 0 fully saturated rings. The van der Waals surface area contributed by atoms with Crippen molar-refractivity contribution in [3.05, 3.63) is 54.1 Å². The van der Waals surface area contributed by atoms with Crippen molar-refractivity contribution in [3.8, 4) is 11.5 Å². The molecule has 0 heterocycles. The Bertz CT molecular complexity index is 700. The van der Waals surface area contributed by atoms with Gasteiger partial charge in [0, 0.05) is 0 Å². The molecule has 6 nitrogen and oxygen atoms in total. The van der Waals surface area contributed by atoms with Crippen LogP contribution in [0, 0.1) is 0 Å². The van der Waals surface area contributed by atoms with Gasteiger partial charge in [0.25, 0.3) is 5.91 Å². The lowest BCUT2D eigenvalue weighted by atomic mass is 10.2. The van der Waals surface area contributed by atoms with Crippen LogP contribution >= 0.6 is 0 Å². The third kappa shape index (κ3) is 5.01. The van der Waals surface area contributed by atoms with E-state index in [4.69, 9.17) is 14.6 Å². The summed E-state index contributed by atoms with van der Waals surface area (Å²) in [7, 11) is 0. The zero-order chi connectivity index (χ0) is 17.4. The van der Waals surface area contributed by atoms with Crippen LogP contribution in [0.5, 0.6) is 11.5 Å². The molecule has 24 heavy (non-hydrogen) atoms. The van der Waals surface area contributed by atoms with Crippen molar-refractivity contribution in [2.75, 3.05) is 18.5 Å². The summed E-state index contributed by atoms with van der Waals surface area (Å²) in [5, 5.41) is 11.7. The summed E-state index contributed by atoms with van der Waals surface area (Å²) in [4.78, 5) is 23.2. The SMILES string of the molecule is CCCOc1ccc(C(=O)O)cc1NC(=O)COc1ccccc1. The number of benzene rings is 2. The molecule has 2 aromatic rings. The molecule has 0 unspecified atom stereocenters. The quantitative estimate of drug-likeness (QED) is 0.777. The highest BCUT2D eigenvalue weighted by Gasteiger charge is 2.12. The van der Waals surface area contributed by atoms with Crippen LogP contribution in [0.1, 0.15) is 23.7 Å². The molecule has 1 amide bonds. The second-order valence-electron chi connectivity index (χ2n) is 5.01. The minimum Gasteiger partial charge on any atom is -0.491 e. The average molecular weight is 329 g/mol. The van der Waals surface area contributed by atoms with Crippen LogP contribution in [0.3, 0.4) is 0 Å². The molecular weight excluding hydrogens is 310 g/mol. The zero-order valence-corrected chi connectivity index (χ0v) is 13.3. The first-order chi connectivity index (χ1) is 11.6. The van der Waals surface area contributed by atoms with Gasteiger partial charge in [-0.1, -0.05) is 25.1 Å². The van der Waals surface area contributed by atoms with E-state index in [9.17, 15) is 9.59 Å². The summed E-state index contributed by atoms with van der Waals surface area (Å²) in [6.45, 7) is 2.24. The van der Waals surface area contributed by atoms with E-state index in [-0.39, 0.29) is 12.2 Å². The largest absolute Gasteiger partial charge is 0.491 e. The van der Waals surface area contributed by atoms with E-state index in [1.807, 2.05) is 13.0 Å². The highest BCUT2D eigenvalue weighted by Crippen LogP contribution is 2.26. The predicted octanol–water partition coefficient (Wildman–Crippen LogP) is 3.19. The topological polar surface area (TPSA) is 84.9 Å². The smallest absolute Gasteiger partial charge is 0.335 e. The highest BCUT2D eigenvalue weighted by atomic mass is 16.5. The number of carbonyl (C=O) groups is 2. The van der Waals surface area contributed by atoms with Gasteiger partial charge in [0.05, 0.1) is 17.9 Å². The first kappa shape index (κ1) is 17.3. The number of para-hydroxylation sites is 1. The normalized spacial score (nSPS) is 10.0. The molecule has 0 saturated carbocycles. The van der Waals surface area contributed by atoms with Gasteiger partial charge in [0.1, 0.15) is 11.5 Å². The van der Waals surface area contributed by atoms with E-state index in [1.165, 1.54) is 18.2 Å². The number of rotatable bonds is 8. The van der Waals surface area contributed by atoms with E-state index in [0.717, 1.165) is 6.42 Å². The van der Waals surface area contributed by atoms with Crippen molar-refractivity contribution in [1.82, 2.24) is 0 Å². The maximum atomic E-state index is 12.1. The fraction of sp³-hybridized carbons (Fsp3) is 0.222. The third-order valence-electron chi connectivity index (χ3n) is 3.08. The van der Waals surface area contributed by atoms with Gasteiger partial charge >= 0.3 is 5.97 Å². The van der Waals surface area contributed by atoms with Gasteiger partial charge in [-0.2, -0.15) is 0 Å². The van der Waals surface area contributed by atoms with Crippen LogP contribution in [0.25, 0.3) is 0 Å². The number of carboxylic acids is 1. The monoisotopic (exact) mass is 329 g/mol. The molecule has 6 heteroatoms. The maximum Gasteiger partial charge on any atom is 0.335 e. The summed E-state index contributed by atoms with van der Waals surface area (Å²) < 4.78 is 10.9. The van der Waals surface area contributed by atoms with Crippen LogP contribution in [-0.2, 0) is 4.79 Å². The second-order valence-corrected chi connectivity index (χ2v) is 5.01. The van der Waals surface area contributed by atoms with Crippen LogP contribution in [0.15, 0.2) is 48.5 Å². The third-order valence-corrected chi connectivity index (χ3v) is 3.08. The molecule has 0 aliphatic heterocycles. The molecule has 0 atom stereocenters. The molecule has 2 aromatic carbocycles. The van der Waals surface area contributed by atoms with Gasteiger partial charge in [0.2, 0.25) is 0 Å². The Labute approximate surface area is 140 Å². The minimum atomic E-state index is -1.08. The van der Waals surface area contributed by atoms with E-state index in [0.29, 0.717) is 23.8 Å². The summed E-state index contributed by atoms with van der Waals surface area (Å²) in [6, 6.07) is 13.3. The number of hydrogen-bond acceptors (Lipinski definition) is 4. The fourth-order valence-electron chi connectivity index (χ4n) is 1.95. The number of nitrogens with one attached hydrogen (secondary N) is 1. The molecule has 0 radical (unpaired) electrons. The molecule has 0 spiro atoms. The lowest BCUT2D eigenvalue weighted by Gasteiger charge is -2.13. The van der Waals surface area contributed by atoms with Crippen LogP contribution in [0.2, 0.25) is 0 Å². The second kappa shape index (κ2) is 8.57. The summed E-state index contributed by atoms with van der Waals surface area (Å²) in [5.41, 5.74) is 0.378. The van der Waals surface area contributed by atoms with E-state index >= 15 is 0 Å². The molecule has 2 N–H and O–H groups in total. The molecule has 0 aliphatic rings. The van der Waals surface area contributed by atoms with Crippen molar-refractivity contribution >= 4 is 17.6 Å². The maximum absolute atomic E-state index is 12.1. The molecular formula is C18H19NO5. The van der Waals surface area contributed by atoms with Crippen LogP contribution in [-0.4, -0.2) is 30.2 Å². The molecule has 0 bridgehead atoms. The van der Waals surface area contributed by atoms with E-state index < -0.39 is 11.9 Å². The number of hydrogen-bond donors (Lipinski definition) is 2. The lowest BCUT2D eigenvalue weighted by Crippen LogP contribution is -2.21. The van der Waals surface area contributed by atoms with Crippen molar-refractivity contribution in [1.29, 1.82) is 0 Å². The Balaban J connectivity index is 2.06. The molecule has 0 aromatic heterocycles. The van der Waals surface area contributed by atoms with Gasteiger partial charge in [-0.05, 0) is 36.8 Å². The van der Waals surface area contributed by atoms with Crippen molar-refractivity contribution in [3.63, 3.8) is 0 Å². The number of aromatic carboxylic acids is 1. The Hall–Kier alpha value is -3.02. The summed E-state index contributed by atoms with van der Waals surface area (Å²) in [6.07, 6.45) is 0.797. The minimum absolute atomic E-state index is 0.0677. The number of ether oxygens (including phenoxy) is 2. The first-order valence-electron chi connectivity index (χ1n) is 7.58. The zero-order valence-electron chi connectivity index (χ0n) is 13.3. The van der Waals surface area contributed by atoms with Gasteiger partial charge < -0.3 is 19.9 Å². The van der Waals surface area contributed by atoms with Crippen LogP contribution < -0.4 is 14.8 Å². The molecule has 126 valence electrons. The molecule has 0 saturated heterocycles. The van der Waals surface area contributed by atoms with Crippen LogP contribution in [0.4, 0.5) is 5.69 Å². The van der Waals surface area contributed by atoms with Gasteiger partial charge in [-0.25, -0.2) is 4.79 Å². The highest BCUT2D eigenvalue weighted by molar-refractivity contribution is 5.96. The first-order valence-corrected chi connectivity index (χ1v) is 7.58. The Morgan fingerprint density at radius 1 is 1.08 bits per heavy atom. The van der Waals surface area contributed by atoms with Gasteiger partial charge in [0.15, 0.2) is 6.61 Å². The Kier molecular flexibility index (Phi) is 6.19. The van der Waals surface area contributed by atoms with E-state index in [1.54, 1.807) is 24.3 Å². The van der Waals surface area contributed by atoms with Crippen molar-refractivity contribution < 1.29 is 24.2 Å². The number of anilines is 1.